The molecule has 0 radical (unpaired) electrons. The van der Waals surface area contributed by atoms with E-state index in [2.05, 4.69) is 38.0 Å². The van der Waals surface area contributed by atoms with E-state index in [-0.39, 0.29) is 11.4 Å². The number of anilines is 1. The standard InChI is InChI=1S/C17H27N3O/c1-5-10-18-15-8-6-14(7-9-15)16(21)20-12-11-19(4)17(2,3)13-20/h6-9,18H,5,10-13H2,1-4H3. The number of piperazine rings is 1. The molecule has 21 heavy (non-hydrogen) atoms. The molecule has 0 aromatic heterocycles. The minimum absolute atomic E-state index is 0.0382. The van der Waals surface area contributed by atoms with Crippen LogP contribution >= 0.6 is 0 Å². The number of hydrogen-bond acceptors (Lipinski definition) is 3. The minimum atomic E-state index is 0.0382. The molecule has 1 aliphatic heterocycles. The molecule has 0 atom stereocenters. The fraction of sp³-hybridized carbons (Fsp3) is 0.588. The van der Waals surface area contributed by atoms with Crippen LogP contribution in [0.25, 0.3) is 0 Å². The van der Waals surface area contributed by atoms with Crippen molar-refractivity contribution in [3.8, 4) is 0 Å². The van der Waals surface area contributed by atoms with Gasteiger partial charge >= 0.3 is 0 Å². The SMILES string of the molecule is CCCNc1ccc(C(=O)N2CCN(C)C(C)(C)C2)cc1. The highest BCUT2D eigenvalue weighted by atomic mass is 16.2. The molecule has 0 saturated carbocycles. The van der Waals surface area contributed by atoms with Gasteiger partial charge in [0.05, 0.1) is 0 Å². The van der Waals surface area contributed by atoms with Crippen molar-refractivity contribution in [3.05, 3.63) is 29.8 Å². The summed E-state index contributed by atoms with van der Waals surface area (Å²) in [6, 6.07) is 7.82. The number of likely N-dealkylation sites (N-methyl/N-ethyl adjacent to an activating group) is 1. The van der Waals surface area contributed by atoms with Crippen molar-refractivity contribution in [2.75, 3.05) is 38.5 Å². The largest absolute Gasteiger partial charge is 0.385 e. The third-order valence-corrected chi connectivity index (χ3v) is 4.31. The van der Waals surface area contributed by atoms with Crippen LogP contribution < -0.4 is 5.32 Å². The van der Waals surface area contributed by atoms with Gasteiger partial charge in [0.15, 0.2) is 0 Å². The Kier molecular flexibility index (Phi) is 4.88. The average Bonchev–Trinajstić information content (AvgIpc) is 2.47. The normalized spacial score (nSPS) is 18.6. The summed E-state index contributed by atoms with van der Waals surface area (Å²) in [5.41, 5.74) is 1.89. The van der Waals surface area contributed by atoms with Crippen molar-refractivity contribution in [2.45, 2.75) is 32.7 Å². The minimum Gasteiger partial charge on any atom is -0.385 e. The first-order valence-corrected chi connectivity index (χ1v) is 7.78. The zero-order valence-electron chi connectivity index (χ0n) is 13.6. The second-order valence-electron chi connectivity index (χ2n) is 6.46. The zero-order chi connectivity index (χ0) is 15.5. The lowest BCUT2D eigenvalue weighted by atomic mass is 9.99. The fourth-order valence-corrected chi connectivity index (χ4v) is 2.60. The zero-order valence-corrected chi connectivity index (χ0v) is 13.6. The van der Waals surface area contributed by atoms with Crippen molar-refractivity contribution in [1.29, 1.82) is 0 Å². The first kappa shape index (κ1) is 15.8. The summed E-state index contributed by atoms with van der Waals surface area (Å²) in [6.45, 7) is 9.97. The van der Waals surface area contributed by atoms with Crippen molar-refractivity contribution >= 4 is 11.6 Å². The van der Waals surface area contributed by atoms with Gasteiger partial charge in [-0.2, -0.15) is 0 Å². The average molecular weight is 289 g/mol. The van der Waals surface area contributed by atoms with Gasteiger partial charge in [-0.3, -0.25) is 9.69 Å². The Bertz CT molecular complexity index is 481. The molecule has 0 unspecified atom stereocenters. The molecule has 1 amide bonds. The Morgan fingerprint density at radius 2 is 1.90 bits per heavy atom. The molecule has 116 valence electrons. The third-order valence-electron chi connectivity index (χ3n) is 4.31. The van der Waals surface area contributed by atoms with Crippen molar-refractivity contribution in [1.82, 2.24) is 9.80 Å². The Labute approximate surface area is 128 Å². The van der Waals surface area contributed by atoms with Gasteiger partial charge < -0.3 is 10.2 Å². The van der Waals surface area contributed by atoms with Crippen LogP contribution in [-0.4, -0.2) is 54.5 Å². The number of nitrogens with one attached hydrogen (secondary N) is 1. The summed E-state index contributed by atoms with van der Waals surface area (Å²) < 4.78 is 0. The second kappa shape index (κ2) is 6.48. The van der Waals surface area contributed by atoms with Gasteiger partial charge in [-0.05, 0) is 51.6 Å². The molecule has 0 spiro atoms. The van der Waals surface area contributed by atoms with E-state index in [4.69, 9.17) is 0 Å². The summed E-state index contributed by atoms with van der Waals surface area (Å²) in [6.07, 6.45) is 1.09. The fourth-order valence-electron chi connectivity index (χ4n) is 2.60. The predicted octanol–water partition coefficient (Wildman–Crippen LogP) is 2.67. The van der Waals surface area contributed by atoms with Crippen LogP contribution in [0, 0.1) is 0 Å². The van der Waals surface area contributed by atoms with Gasteiger partial charge in [-0.25, -0.2) is 0 Å². The molecule has 4 heteroatoms. The van der Waals surface area contributed by atoms with E-state index in [0.29, 0.717) is 0 Å². The molecular formula is C17H27N3O. The van der Waals surface area contributed by atoms with Crippen LogP contribution in [-0.2, 0) is 0 Å². The van der Waals surface area contributed by atoms with E-state index >= 15 is 0 Å². The summed E-state index contributed by atoms with van der Waals surface area (Å²) in [5, 5.41) is 3.33. The van der Waals surface area contributed by atoms with Crippen LogP contribution in [0.3, 0.4) is 0 Å². The van der Waals surface area contributed by atoms with Crippen LogP contribution in [0.5, 0.6) is 0 Å². The summed E-state index contributed by atoms with van der Waals surface area (Å²) in [7, 11) is 2.12. The molecular weight excluding hydrogens is 262 g/mol. The molecule has 1 fully saturated rings. The van der Waals surface area contributed by atoms with Crippen LogP contribution in [0.2, 0.25) is 0 Å². The predicted molar refractivity (Wildman–Crippen MR) is 87.8 cm³/mol. The molecule has 1 aromatic rings. The molecule has 0 bridgehead atoms. The molecule has 0 aliphatic carbocycles. The van der Waals surface area contributed by atoms with E-state index in [0.717, 1.165) is 43.9 Å². The van der Waals surface area contributed by atoms with Crippen LogP contribution in [0.15, 0.2) is 24.3 Å². The molecule has 2 rings (SSSR count). The van der Waals surface area contributed by atoms with Crippen LogP contribution in [0.1, 0.15) is 37.6 Å². The van der Waals surface area contributed by atoms with Gasteiger partial charge in [-0.1, -0.05) is 6.92 Å². The van der Waals surface area contributed by atoms with E-state index in [1.165, 1.54) is 0 Å². The van der Waals surface area contributed by atoms with Gasteiger partial charge in [0.2, 0.25) is 0 Å². The van der Waals surface area contributed by atoms with Crippen molar-refractivity contribution in [2.24, 2.45) is 0 Å². The number of amides is 1. The summed E-state index contributed by atoms with van der Waals surface area (Å²) in [4.78, 5) is 16.9. The summed E-state index contributed by atoms with van der Waals surface area (Å²) in [5.74, 6) is 0.137. The van der Waals surface area contributed by atoms with E-state index in [9.17, 15) is 4.79 Å². The summed E-state index contributed by atoms with van der Waals surface area (Å²) >= 11 is 0. The second-order valence-corrected chi connectivity index (χ2v) is 6.46. The van der Waals surface area contributed by atoms with Gasteiger partial charge in [0, 0.05) is 43.0 Å². The van der Waals surface area contributed by atoms with E-state index < -0.39 is 0 Å². The van der Waals surface area contributed by atoms with Crippen molar-refractivity contribution in [3.63, 3.8) is 0 Å². The first-order chi connectivity index (χ1) is 9.94. The number of hydrogen-bond donors (Lipinski definition) is 1. The van der Waals surface area contributed by atoms with Crippen LogP contribution in [0.4, 0.5) is 5.69 Å². The number of nitrogens with zero attached hydrogens (tertiary/aromatic N) is 2. The molecule has 1 heterocycles. The molecule has 1 aromatic carbocycles. The third kappa shape index (κ3) is 3.76. The number of benzene rings is 1. The number of carbonyl (C=O) groups excluding carboxylic acids is 1. The lowest BCUT2D eigenvalue weighted by Crippen LogP contribution is -2.58. The molecule has 1 aliphatic rings. The smallest absolute Gasteiger partial charge is 0.253 e. The maximum Gasteiger partial charge on any atom is 0.253 e. The van der Waals surface area contributed by atoms with E-state index in [1.807, 2.05) is 29.2 Å². The molecule has 1 saturated heterocycles. The molecule has 1 N–H and O–H groups in total. The highest BCUT2D eigenvalue weighted by Crippen LogP contribution is 2.21. The Morgan fingerprint density at radius 3 is 2.48 bits per heavy atom. The van der Waals surface area contributed by atoms with Crippen molar-refractivity contribution < 1.29 is 4.79 Å². The van der Waals surface area contributed by atoms with Gasteiger partial charge in [0.1, 0.15) is 0 Å². The highest BCUT2D eigenvalue weighted by Gasteiger charge is 2.33. The number of carbonyl (C=O) groups is 1. The highest BCUT2D eigenvalue weighted by molar-refractivity contribution is 5.94. The Hall–Kier alpha value is -1.55. The Balaban J connectivity index is 2.03. The quantitative estimate of drug-likeness (QED) is 0.925. The van der Waals surface area contributed by atoms with E-state index in [1.54, 1.807) is 0 Å². The lowest BCUT2D eigenvalue weighted by molar-refractivity contribution is 0.0311. The lowest BCUT2D eigenvalue weighted by Gasteiger charge is -2.45. The number of rotatable bonds is 4. The maximum atomic E-state index is 12.6. The molecule has 4 nitrogen and oxygen atoms in total. The Morgan fingerprint density at radius 1 is 1.24 bits per heavy atom. The first-order valence-electron chi connectivity index (χ1n) is 7.78. The van der Waals surface area contributed by atoms with Gasteiger partial charge in [-0.15, -0.1) is 0 Å². The monoisotopic (exact) mass is 289 g/mol. The maximum absolute atomic E-state index is 12.6. The van der Waals surface area contributed by atoms with Gasteiger partial charge in [0.25, 0.3) is 5.91 Å². The topological polar surface area (TPSA) is 35.6 Å².